The van der Waals surface area contributed by atoms with Crippen molar-refractivity contribution in [2.75, 3.05) is 11.9 Å². The lowest BCUT2D eigenvalue weighted by molar-refractivity contribution is -0.139. The third-order valence-corrected chi connectivity index (χ3v) is 6.40. The molecule has 6 heteroatoms. The molecule has 1 atom stereocenters. The van der Waals surface area contributed by atoms with E-state index in [1.165, 1.54) is 17.7 Å². The zero-order valence-corrected chi connectivity index (χ0v) is 19.2. The first kappa shape index (κ1) is 23.2. The van der Waals surface area contributed by atoms with Gasteiger partial charge in [-0.05, 0) is 67.5 Å². The van der Waals surface area contributed by atoms with Crippen molar-refractivity contribution in [2.24, 2.45) is 0 Å². The Bertz CT molecular complexity index is 1070. The van der Waals surface area contributed by atoms with Gasteiger partial charge in [0.2, 0.25) is 0 Å². The Morgan fingerprint density at radius 1 is 1.09 bits per heavy atom. The molecule has 3 N–H and O–H groups in total. The molecular formula is C27H34N4O2. The minimum atomic E-state index is -0.774. The third kappa shape index (κ3) is 6.75. The van der Waals surface area contributed by atoms with Crippen molar-refractivity contribution < 1.29 is 9.90 Å². The van der Waals surface area contributed by atoms with E-state index >= 15 is 0 Å². The number of benzene rings is 1. The van der Waals surface area contributed by atoms with Gasteiger partial charge in [0.25, 0.3) is 0 Å². The molecule has 0 unspecified atom stereocenters. The number of rotatable bonds is 12. The lowest BCUT2D eigenvalue weighted by Gasteiger charge is -2.17. The molecule has 1 aliphatic heterocycles. The van der Waals surface area contributed by atoms with Crippen LogP contribution in [0.5, 0.6) is 0 Å². The average molecular weight is 447 g/mol. The molecule has 1 aliphatic rings. The van der Waals surface area contributed by atoms with Crippen molar-refractivity contribution in [3.05, 3.63) is 65.5 Å². The van der Waals surface area contributed by atoms with Gasteiger partial charge >= 0.3 is 5.97 Å². The summed E-state index contributed by atoms with van der Waals surface area (Å²) >= 11 is 0. The number of anilines is 1. The topological polar surface area (TPSA) is 87.1 Å². The summed E-state index contributed by atoms with van der Waals surface area (Å²) in [6, 6.07) is 13.9. The number of aromatic nitrogens is 2. The quantitative estimate of drug-likeness (QED) is 0.335. The summed E-state index contributed by atoms with van der Waals surface area (Å²) in [6.45, 7) is 1.57. The number of nitrogens with one attached hydrogen (secondary N) is 2. The van der Waals surface area contributed by atoms with Crippen LogP contribution in [0.25, 0.3) is 10.9 Å². The number of aliphatic carboxylic acids is 1. The molecule has 0 spiro atoms. The number of hydrogen-bond acceptors (Lipinski definition) is 5. The Kier molecular flexibility index (Phi) is 8.25. The highest BCUT2D eigenvalue weighted by atomic mass is 16.4. The first-order valence-electron chi connectivity index (χ1n) is 12.2. The second-order valence-corrected chi connectivity index (χ2v) is 8.95. The van der Waals surface area contributed by atoms with Gasteiger partial charge in [-0.2, -0.15) is 0 Å². The van der Waals surface area contributed by atoms with E-state index in [9.17, 15) is 9.90 Å². The molecule has 33 heavy (non-hydrogen) atoms. The largest absolute Gasteiger partial charge is 0.480 e. The Labute approximate surface area is 195 Å². The van der Waals surface area contributed by atoms with E-state index in [4.69, 9.17) is 4.98 Å². The maximum atomic E-state index is 11.7. The molecule has 3 heterocycles. The van der Waals surface area contributed by atoms with E-state index in [1.54, 1.807) is 6.20 Å². The lowest BCUT2D eigenvalue weighted by Crippen LogP contribution is -2.36. The predicted octanol–water partition coefficient (Wildman–Crippen LogP) is 5.11. The van der Waals surface area contributed by atoms with Crippen LogP contribution in [0.3, 0.4) is 0 Å². The molecule has 6 nitrogen and oxygen atoms in total. The smallest absolute Gasteiger partial charge is 0.320 e. The van der Waals surface area contributed by atoms with Crippen LogP contribution in [0.15, 0.2) is 48.7 Å². The lowest BCUT2D eigenvalue weighted by atomic mass is 10.0. The number of carboxylic acid groups (broad SMARTS) is 1. The van der Waals surface area contributed by atoms with Gasteiger partial charge in [0, 0.05) is 30.4 Å². The molecule has 1 aromatic carbocycles. The Balaban J connectivity index is 1.13. The van der Waals surface area contributed by atoms with Gasteiger partial charge in [0.05, 0.1) is 5.52 Å². The van der Waals surface area contributed by atoms with Crippen LogP contribution in [0, 0.1) is 0 Å². The number of fused-ring (bicyclic) bond motifs is 2. The number of pyridine rings is 2. The normalized spacial score (nSPS) is 13.9. The Morgan fingerprint density at radius 2 is 1.97 bits per heavy atom. The van der Waals surface area contributed by atoms with Gasteiger partial charge < -0.3 is 15.7 Å². The summed E-state index contributed by atoms with van der Waals surface area (Å²) < 4.78 is 0. The average Bonchev–Trinajstić information content (AvgIpc) is 2.84. The molecule has 174 valence electrons. The molecule has 0 fully saturated rings. The molecular weight excluding hydrogens is 412 g/mol. The van der Waals surface area contributed by atoms with Crippen molar-refractivity contribution in [1.29, 1.82) is 0 Å². The SMILES string of the molecule is O=C(O)[C@H](CCCCCCCc1ccc2c(n1)NCCC2)NCc1ccc2ncccc2c1. The van der Waals surface area contributed by atoms with Crippen molar-refractivity contribution >= 4 is 22.7 Å². The van der Waals surface area contributed by atoms with E-state index in [1.807, 2.05) is 24.3 Å². The van der Waals surface area contributed by atoms with Crippen LogP contribution in [-0.4, -0.2) is 33.6 Å². The van der Waals surface area contributed by atoms with Crippen LogP contribution < -0.4 is 10.6 Å². The first-order chi connectivity index (χ1) is 16.2. The zero-order valence-electron chi connectivity index (χ0n) is 19.2. The van der Waals surface area contributed by atoms with Gasteiger partial charge in [-0.15, -0.1) is 0 Å². The molecule has 4 rings (SSSR count). The standard InChI is InChI=1S/C27H34N4O2/c32-27(33)25(30-19-20-12-15-24-22(18-20)9-7-16-28-24)11-5-3-1-2-4-10-23-14-13-21-8-6-17-29-26(21)31-23/h7,9,12-16,18,25,30H,1-6,8,10-11,17,19H2,(H,29,31)(H,32,33)/t25-/m0/s1. The van der Waals surface area contributed by atoms with Gasteiger partial charge in [-0.3, -0.25) is 9.78 Å². The fraction of sp³-hybridized carbons (Fsp3) is 0.444. The van der Waals surface area contributed by atoms with Crippen LogP contribution in [0.2, 0.25) is 0 Å². The number of nitrogens with zero attached hydrogens (tertiary/aromatic N) is 2. The first-order valence-corrected chi connectivity index (χ1v) is 12.2. The van der Waals surface area contributed by atoms with Gasteiger partial charge in [0.15, 0.2) is 0 Å². The number of hydrogen-bond donors (Lipinski definition) is 3. The Hall–Kier alpha value is -2.99. The third-order valence-electron chi connectivity index (χ3n) is 6.40. The second kappa shape index (κ2) is 11.8. The predicted molar refractivity (Wildman–Crippen MR) is 132 cm³/mol. The molecule has 0 bridgehead atoms. The van der Waals surface area contributed by atoms with Crippen LogP contribution in [0.4, 0.5) is 5.82 Å². The van der Waals surface area contributed by atoms with E-state index in [0.29, 0.717) is 13.0 Å². The highest BCUT2D eigenvalue weighted by Gasteiger charge is 2.16. The van der Waals surface area contributed by atoms with Crippen molar-refractivity contribution in [1.82, 2.24) is 15.3 Å². The summed E-state index contributed by atoms with van der Waals surface area (Å²) in [4.78, 5) is 20.8. The van der Waals surface area contributed by atoms with E-state index in [2.05, 4.69) is 33.8 Å². The van der Waals surface area contributed by atoms with Gasteiger partial charge in [-0.1, -0.05) is 43.9 Å². The molecule has 3 aromatic rings. The monoisotopic (exact) mass is 446 g/mol. The van der Waals surface area contributed by atoms with E-state index in [0.717, 1.165) is 73.8 Å². The van der Waals surface area contributed by atoms with Crippen LogP contribution >= 0.6 is 0 Å². The molecule has 0 saturated heterocycles. The summed E-state index contributed by atoms with van der Waals surface area (Å²) in [5.74, 6) is 0.302. The number of aryl methyl sites for hydroxylation is 2. The summed E-state index contributed by atoms with van der Waals surface area (Å²) in [5, 5.41) is 17.3. The van der Waals surface area contributed by atoms with Crippen molar-refractivity contribution in [3.63, 3.8) is 0 Å². The van der Waals surface area contributed by atoms with Crippen molar-refractivity contribution in [3.8, 4) is 0 Å². The van der Waals surface area contributed by atoms with Crippen LogP contribution in [-0.2, 0) is 24.2 Å². The molecule has 0 aliphatic carbocycles. The fourth-order valence-electron chi connectivity index (χ4n) is 4.48. The van der Waals surface area contributed by atoms with E-state index < -0.39 is 12.0 Å². The number of carboxylic acids is 1. The molecule has 0 amide bonds. The maximum Gasteiger partial charge on any atom is 0.320 e. The molecule has 0 saturated carbocycles. The second-order valence-electron chi connectivity index (χ2n) is 8.95. The van der Waals surface area contributed by atoms with E-state index in [-0.39, 0.29) is 0 Å². The zero-order chi connectivity index (χ0) is 22.9. The molecule has 0 radical (unpaired) electrons. The number of unbranched alkanes of at least 4 members (excludes halogenated alkanes) is 4. The highest BCUT2D eigenvalue weighted by molar-refractivity contribution is 5.79. The van der Waals surface area contributed by atoms with Crippen molar-refractivity contribution in [2.45, 2.75) is 70.4 Å². The highest BCUT2D eigenvalue weighted by Crippen LogP contribution is 2.20. The summed E-state index contributed by atoms with van der Waals surface area (Å²) in [7, 11) is 0. The minimum absolute atomic E-state index is 0.512. The Morgan fingerprint density at radius 3 is 2.88 bits per heavy atom. The van der Waals surface area contributed by atoms with Crippen LogP contribution in [0.1, 0.15) is 61.8 Å². The fourth-order valence-corrected chi connectivity index (χ4v) is 4.48. The van der Waals surface area contributed by atoms with Gasteiger partial charge in [-0.25, -0.2) is 4.98 Å². The number of carbonyl (C=O) groups is 1. The van der Waals surface area contributed by atoms with Gasteiger partial charge in [0.1, 0.15) is 11.9 Å². The molecule has 2 aromatic heterocycles. The summed E-state index contributed by atoms with van der Waals surface area (Å²) in [5.41, 5.74) is 4.54. The summed E-state index contributed by atoms with van der Waals surface area (Å²) in [6.07, 6.45) is 11.2. The maximum absolute atomic E-state index is 11.7. The minimum Gasteiger partial charge on any atom is -0.480 e.